The number of ether oxygens (including phenoxy) is 2. The van der Waals surface area contributed by atoms with Crippen molar-refractivity contribution >= 4 is 39.7 Å². The van der Waals surface area contributed by atoms with Gasteiger partial charge in [-0.25, -0.2) is 12.8 Å². The number of sulfonamides is 1. The summed E-state index contributed by atoms with van der Waals surface area (Å²) >= 11 is 0. The van der Waals surface area contributed by atoms with E-state index < -0.39 is 34.2 Å². The molecule has 0 spiro atoms. The summed E-state index contributed by atoms with van der Waals surface area (Å²) in [6.45, 7) is 9.60. The molecule has 4 aromatic carbocycles. The Bertz CT molecular complexity index is 2280. The molecular weight excluding hydrogens is 758 g/mol. The molecule has 1 aliphatic carbocycles. The second-order valence-corrected chi connectivity index (χ2v) is 18.3. The zero-order valence-corrected chi connectivity index (χ0v) is 34.6. The van der Waals surface area contributed by atoms with E-state index in [4.69, 9.17) is 23.2 Å². The first-order valence-electron chi connectivity index (χ1n) is 19.9. The van der Waals surface area contributed by atoms with Crippen LogP contribution in [0.15, 0.2) is 101 Å². The minimum absolute atomic E-state index is 0.0881. The van der Waals surface area contributed by atoms with Gasteiger partial charge < -0.3 is 28.5 Å². The van der Waals surface area contributed by atoms with E-state index in [0.717, 1.165) is 29.5 Å². The summed E-state index contributed by atoms with van der Waals surface area (Å²) in [7, 11) is -4.43. The lowest BCUT2D eigenvalue weighted by atomic mass is 9.77. The van der Waals surface area contributed by atoms with Gasteiger partial charge in [-0.05, 0) is 106 Å². The van der Waals surface area contributed by atoms with Crippen molar-refractivity contribution in [3.8, 4) is 11.3 Å². The standard InChI is InChI=1S/C45H52BFN2O8S/c1-44(2)45(3,4)57-46(56-44)26-33(30-54-29-32-14-10-7-11-15-32)27-49(58(5,51)52)39-25-40-38(24-37(39)34-16-17-34)41(42(55-40)35-18-20-36(47)21-19-35)43(50)48-22-23-53-28-31-12-8-6-9-13-31/h6-15,18-21,24-25,33-34H,16-17,22-23,26-30H2,1-5H3,(H,48,50). The number of nitrogens with zero attached hydrogens (tertiary/aromatic N) is 1. The van der Waals surface area contributed by atoms with Crippen LogP contribution in [0.5, 0.6) is 0 Å². The van der Waals surface area contributed by atoms with Crippen LogP contribution in [0.3, 0.4) is 0 Å². The molecular formula is C45H52BFN2O8S. The molecule has 5 aromatic rings. The van der Waals surface area contributed by atoms with Gasteiger partial charge in [0.15, 0.2) is 0 Å². The van der Waals surface area contributed by atoms with Gasteiger partial charge in [0.05, 0.1) is 55.1 Å². The summed E-state index contributed by atoms with van der Waals surface area (Å²) in [6, 6.07) is 29.0. The lowest BCUT2D eigenvalue weighted by Crippen LogP contribution is -2.41. The maximum absolute atomic E-state index is 14.1. The van der Waals surface area contributed by atoms with Gasteiger partial charge in [0.2, 0.25) is 10.0 Å². The quantitative estimate of drug-likeness (QED) is 0.0690. The number of benzene rings is 4. The van der Waals surface area contributed by atoms with Crippen molar-refractivity contribution in [2.75, 3.05) is 36.9 Å². The smallest absolute Gasteiger partial charge is 0.455 e. The monoisotopic (exact) mass is 810 g/mol. The third kappa shape index (κ3) is 9.83. The average Bonchev–Trinajstić information content (AvgIpc) is 3.92. The van der Waals surface area contributed by atoms with Crippen LogP contribution in [-0.2, 0) is 42.0 Å². The molecule has 1 atom stereocenters. The van der Waals surface area contributed by atoms with Crippen LogP contribution in [0, 0.1) is 11.7 Å². The molecule has 10 nitrogen and oxygen atoms in total. The summed E-state index contributed by atoms with van der Waals surface area (Å²) in [5.41, 5.74) is 3.34. The third-order valence-electron chi connectivity index (χ3n) is 11.2. The first-order chi connectivity index (χ1) is 27.7. The van der Waals surface area contributed by atoms with Crippen molar-refractivity contribution in [1.82, 2.24) is 5.32 Å². The number of carbonyl (C=O) groups excluding carboxylic acids is 1. The number of fused-ring (bicyclic) bond motifs is 1. The van der Waals surface area contributed by atoms with Gasteiger partial charge in [-0.1, -0.05) is 60.7 Å². The second-order valence-electron chi connectivity index (χ2n) is 16.4. The van der Waals surface area contributed by atoms with E-state index in [9.17, 15) is 17.6 Å². The summed E-state index contributed by atoms with van der Waals surface area (Å²) in [5, 5.41) is 3.51. The summed E-state index contributed by atoms with van der Waals surface area (Å²) in [5.74, 6) is -0.783. The van der Waals surface area contributed by atoms with E-state index >= 15 is 0 Å². The second kappa shape index (κ2) is 17.4. The van der Waals surface area contributed by atoms with Gasteiger partial charge >= 0.3 is 7.12 Å². The Kier molecular flexibility index (Phi) is 12.5. The summed E-state index contributed by atoms with van der Waals surface area (Å²) in [4.78, 5) is 14.0. The first kappa shape index (κ1) is 41.6. The zero-order chi connectivity index (χ0) is 41.1. The van der Waals surface area contributed by atoms with Gasteiger partial charge in [0, 0.05) is 30.1 Å². The molecule has 13 heteroatoms. The largest absolute Gasteiger partial charge is 0.458 e. The Morgan fingerprint density at radius 3 is 2.09 bits per heavy atom. The lowest BCUT2D eigenvalue weighted by Gasteiger charge is -2.32. The molecule has 1 amide bonds. The van der Waals surface area contributed by atoms with Gasteiger partial charge in [-0.2, -0.15) is 0 Å². The van der Waals surface area contributed by atoms with Crippen LogP contribution in [0.1, 0.15) is 73.5 Å². The predicted octanol–water partition coefficient (Wildman–Crippen LogP) is 8.75. The molecule has 306 valence electrons. The highest BCUT2D eigenvalue weighted by atomic mass is 32.2. The van der Waals surface area contributed by atoms with E-state index in [0.29, 0.717) is 41.8 Å². The van der Waals surface area contributed by atoms with Crippen molar-refractivity contribution in [3.05, 3.63) is 125 Å². The first-order valence-corrected chi connectivity index (χ1v) is 21.7. The van der Waals surface area contributed by atoms with E-state index in [1.807, 2.05) is 94.4 Å². The van der Waals surface area contributed by atoms with E-state index in [1.54, 1.807) is 18.2 Å². The Labute approximate surface area is 341 Å². The molecule has 58 heavy (non-hydrogen) atoms. The van der Waals surface area contributed by atoms with Gasteiger partial charge in [0.1, 0.15) is 17.2 Å². The number of hydrogen-bond donors (Lipinski definition) is 1. The van der Waals surface area contributed by atoms with E-state index in [2.05, 4.69) is 5.32 Å². The van der Waals surface area contributed by atoms with Gasteiger partial charge in [-0.15, -0.1) is 0 Å². The molecule has 1 saturated carbocycles. The molecule has 1 unspecified atom stereocenters. The topological polar surface area (TPSA) is 117 Å². The molecule has 0 radical (unpaired) electrons. The summed E-state index contributed by atoms with van der Waals surface area (Å²) < 4.78 is 74.6. The molecule has 1 saturated heterocycles. The van der Waals surface area contributed by atoms with Gasteiger partial charge in [-0.3, -0.25) is 9.10 Å². The van der Waals surface area contributed by atoms with Crippen LogP contribution in [-0.4, -0.2) is 65.2 Å². The lowest BCUT2D eigenvalue weighted by molar-refractivity contribution is 0.00578. The maximum Gasteiger partial charge on any atom is 0.458 e. The minimum Gasteiger partial charge on any atom is -0.455 e. The SMILES string of the molecule is CC1(C)OB(CC(COCc2ccccc2)CN(c2cc3oc(-c4ccc(F)cc4)c(C(=O)NCCOCc4ccccc4)c3cc2C2CC2)S(C)(=O)=O)OC1(C)C. The number of anilines is 1. The Hall–Kier alpha value is -4.53. The number of rotatable bonds is 18. The van der Waals surface area contributed by atoms with Crippen LogP contribution in [0.25, 0.3) is 22.3 Å². The minimum atomic E-state index is -3.86. The fraction of sp³-hybridized carbons (Fsp3) is 0.400. The van der Waals surface area contributed by atoms with Crippen molar-refractivity contribution in [1.29, 1.82) is 0 Å². The highest BCUT2D eigenvalue weighted by molar-refractivity contribution is 7.92. The predicted molar refractivity (Wildman–Crippen MR) is 225 cm³/mol. The van der Waals surface area contributed by atoms with Crippen LogP contribution in [0.4, 0.5) is 10.1 Å². The van der Waals surface area contributed by atoms with Crippen LogP contribution >= 0.6 is 0 Å². The molecule has 1 N–H and O–H groups in total. The molecule has 2 aliphatic rings. The van der Waals surface area contributed by atoms with Crippen LogP contribution < -0.4 is 9.62 Å². The van der Waals surface area contributed by atoms with Crippen molar-refractivity contribution in [3.63, 3.8) is 0 Å². The summed E-state index contributed by atoms with van der Waals surface area (Å²) in [6.07, 6.45) is 3.34. The normalized spacial score (nSPS) is 16.8. The van der Waals surface area contributed by atoms with E-state index in [-0.39, 0.29) is 55.4 Å². The van der Waals surface area contributed by atoms with Crippen LogP contribution in [0.2, 0.25) is 6.32 Å². The number of nitrogens with one attached hydrogen (secondary N) is 1. The molecule has 2 heterocycles. The fourth-order valence-electron chi connectivity index (χ4n) is 7.30. The third-order valence-corrected chi connectivity index (χ3v) is 12.4. The molecule has 0 bridgehead atoms. The Morgan fingerprint density at radius 2 is 1.50 bits per heavy atom. The van der Waals surface area contributed by atoms with Crippen molar-refractivity contribution in [2.45, 2.75) is 77.2 Å². The number of hydrogen-bond acceptors (Lipinski definition) is 8. The molecule has 2 fully saturated rings. The van der Waals surface area contributed by atoms with E-state index in [1.165, 1.54) is 22.7 Å². The Balaban J connectivity index is 1.21. The molecule has 1 aliphatic heterocycles. The van der Waals surface area contributed by atoms with Gasteiger partial charge in [0.25, 0.3) is 5.91 Å². The Morgan fingerprint density at radius 1 is 0.897 bits per heavy atom. The number of amides is 1. The van der Waals surface area contributed by atoms with Crippen molar-refractivity contribution in [2.24, 2.45) is 5.92 Å². The number of halogens is 1. The number of carbonyl (C=O) groups is 1. The zero-order valence-electron chi connectivity index (χ0n) is 33.8. The molecule has 7 rings (SSSR count). The fourth-order valence-corrected chi connectivity index (χ4v) is 8.30. The van der Waals surface area contributed by atoms with Crippen molar-refractivity contribution < 1.29 is 40.8 Å². The average molecular weight is 811 g/mol. The highest BCUT2D eigenvalue weighted by Crippen LogP contribution is 2.48. The molecule has 1 aromatic heterocycles. The number of furan rings is 1. The highest BCUT2D eigenvalue weighted by Gasteiger charge is 2.51. The maximum atomic E-state index is 14.1.